The molecule has 0 unspecified atom stereocenters. The molecule has 0 amide bonds. The molecule has 7 nitrogen and oxygen atoms in total. The minimum absolute atomic E-state index is 0.427. The highest BCUT2D eigenvalue weighted by Crippen LogP contribution is 2.32. The number of ether oxygens (including phenoxy) is 1. The Kier molecular flexibility index (Phi) is 9.01. The molecule has 200 valence electrons. The van der Waals surface area contributed by atoms with Crippen LogP contribution in [0.2, 0.25) is 0 Å². The number of hydrogen-bond acceptors (Lipinski definition) is 7. The Morgan fingerprint density at radius 3 is 2.38 bits per heavy atom. The summed E-state index contributed by atoms with van der Waals surface area (Å²) in [7, 11) is 1.73. The second kappa shape index (κ2) is 12.8. The summed E-state index contributed by atoms with van der Waals surface area (Å²) in [5.74, 6) is 9.37. The SMILES string of the molecule is CCCN1CCC(Nc2nc(N3CCCCC3)nc3cc(C#CCCN4CCCC4)c(OC)cc23)CC1. The Morgan fingerprint density at radius 2 is 1.65 bits per heavy atom. The molecule has 37 heavy (non-hydrogen) atoms. The van der Waals surface area contributed by atoms with Crippen LogP contribution in [0.25, 0.3) is 10.9 Å². The molecule has 3 saturated heterocycles. The average Bonchev–Trinajstić information content (AvgIpc) is 3.46. The van der Waals surface area contributed by atoms with Crippen molar-refractivity contribution in [3.8, 4) is 17.6 Å². The molecule has 3 aliphatic heterocycles. The molecule has 0 saturated carbocycles. The minimum atomic E-state index is 0.427. The lowest BCUT2D eigenvalue weighted by Crippen LogP contribution is -2.39. The van der Waals surface area contributed by atoms with E-state index in [4.69, 9.17) is 14.7 Å². The zero-order valence-electron chi connectivity index (χ0n) is 22.9. The maximum atomic E-state index is 5.80. The number of aromatic nitrogens is 2. The lowest BCUT2D eigenvalue weighted by molar-refractivity contribution is 0.219. The van der Waals surface area contributed by atoms with E-state index in [1.807, 2.05) is 0 Å². The first-order valence-corrected chi connectivity index (χ1v) is 14.6. The molecule has 0 atom stereocenters. The Morgan fingerprint density at radius 1 is 0.919 bits per heavy atom. The molecule has 5 rings (SSSR count). The van der Waals surface area contributed by atoms with E-state index in [9.17, 15) is 0 Å². The summed E-state index contributed by atoms with van der Waals surface area (Å²) in [5, 5.41) is 4.84. The number of hydrogen-bond donors (Lipinski definition) is 1. The van der Waals surface area contributed by atoms with Gasteiger partial charge in [0.15, 0.2) is 0 Å². The topological polar surface area (TPSA) is 56.8 Å². The molecule has 1 aromatic heterocycles. The van der Waals surface area contributed by atoms with Gasteiger partial charge in [0.1, 0.15) is 11.6 Å². The van der Waals surface area contributed by atoms with Crippen LogP contribution in [0.3, 0.4) is 0 Å². The first-order chi connectivity index (χ1) is 18.2. The second-order valence-electron chi connectivity index (χ2n) is 10.9. The van der Waals surface area contributed by atoms with Crippen molar-refractivity contribution in [3.63, 3.8) is 0 Å². The normalized spacial score (nSPS) is 19.7. The number of rotatable bonds is 8. The summed E-state index contributed by atoms with van der Waals surface area (Å²) >= 11 is 0. The molecule has 1 N–H and O–H groups in total. The number of methoxy groups -OCH3 is 1. The summed E-state index contributed by atoms with van der Waals surface area (Å²) in [6.45, 7) is 11.3. The van der Waals surface area contributed by atoms with Crippen molar-refractivity contribution in [1.29, 1.82) is 0 Å². The van der Waals surface area contributed by atoms with Crippen LogP contribution >= 0.6 is 0 Å². The van der Waals surface area contributed by atoms with Gasteiger partial charge in [-0.2, -0.15) is 4.98 Å². The molecule has 0 spiro atoms. The summed E-state index contributed by atoms with van der Waals surface area (Å²) < 4.78 is 5.80. The van der Waals surface area contributed by atoms with Crippen LogP contribution in [-0.4, -0.2) is 85.3 Å². The molecular weight excluding hydrogens is 460 g/mol. The smallest absolute Gasteiger partial charge is 0.227 e. The van der Waals surface area contributed by atoms with Gasteiger partial charge in [-0.1, -0.05) is 18.8 Å². The van der Waals surface area contributed by atoms with Crippen molar-refractivity contribution < 1.29 is 4.74 Å². The summed E-state index contributed by atoms with van der Waals surface area (Å²) in [6.07, 6.45) is 10.7. The van der Waals surface area contributed by atoms with E-state index in [0.717, 1.165) is 86.0 Å². The lowest BCUT2D eigenvalue weighted by atomic mass is 10.0. The van der Waals surface area contributed by atoms with Gasteiger partial charge in [0.25, 0.3) is 0 Å². The van der Waals surface area contributed by atoms with Gasteiger partial charge in [-0.3, -0.25) is 0 Å². The zero-order chi connectivity index (χ0) is 25.5. The highest BCUT2D eigenvalue weighted by molar-refractivity contribution is 5.93. The first-order valence-electron chi connectivity index (χ1n) is 14.6. The van der Waals surface area contributed by atoms with Gasteiger partial charge in [-0.15, -0.1) is 0 Å². The number of likely N-dealkylation sites (tertiary alicyclic amines) is 2. The van der Waals surface area contributed by atoms with E-state index in [1.165, 1.54) is 58.2 Å². The molecule has 1 aromatic carbocycles. The van der Waals surface area contributed by atoms with Crippen molar-refractivity contribution in [2.75, 3.05) is 69.7 Å². The third kappa shape index (κ3) is 6.66. The minimum Gasteiger partial charge on any atom is -0.495 e. The standard InChI is InChI=1S/C30H44N6O/c1-3-14-34-20-12-25(13-21-34)31-29-26-23-28(37-2)24(11-5-8-15-35-16-9-10-17-35)22-27(26)32-30(33-29)36-18-6-4-7-19-36/h22-23,25H,3-4,6-10,12-21H2,1-2H3,(H,31,32,33). The fourth-order valence-corrected chi connectivity index (χ4v) is 5.94. The maximum Gasteiger partial charge on any atom is 0.227 e. The highest BCUT2D eigenvalue weighted by atomic mass is 16.5. The van der Waals surface area contributed by atoms with Crippen LogP contribution in [-0.2, 0) is 0 Å². The van der Waals surface area contributed by atoms with Crippen molar-refractivity contribution in [1.82, 2.24) is 19.8 Å². The van der Waals surface area contributed by atoms with Gasteiger partial charge in [0, 0.05) is 50.6 Å². The van der Waals surface area contributed by atoms with Crippen molar-refractivity contribution >= 4 is 22.7 Å². The van der Waals surface area contributed by atoms with Crippen LogP contribution in [0.5, 0.6) is 5.75 Å². The van der Waals surface area contributed by atoms with Crippen molar-refractivity contribution in [3.05, 3.63) is 17.7 Å². The van der Waals surface area contributed by atoms with Crippen LogP contribution < -0.4 is 15.0 Å². The van der Waals surface area contributed by atoms with Crippen molar-refractivity contribution in [2.24, 2.45) is 0 Å². The van der Waals surface area contributed by atoms with E-state index < -0.39 is 0 Å². The molecular formula is C30H44N6O. The van der Waals surface area contributed by atoms with Gasteiger partial charge in [0.2, 0.25) is 5.95 Å². The molecule has 3 aliphatic rings. The van der Waals surface area contributed by atoms with Gasteiger partial charge in [0.05, 0.1) is 18.2 Å². The summed E-state index contributed by atoms with van der Waals surface area (Å²) in [6, 6.07) is 4.63. The van der Waals surface area contributed by atoms with Gasteiger partial charge >= 0.3 is 0 Å². The number of anilines is 2. The van der Waals surface area contributed by atoms with E-state index in [-0.39, 0.29) is 0 Å². The molecule has 2 aromatic rings. The first kappa shape index (κ1) is 26.1. The fourth-order valence-electron chi connectivity index (χ4n) is 5.94. The summed E-state index contributed by atoms with van der Waals surface area (Å²) in [4.78, 5) is 17.6. The van der Waals surface area contributed by atoms with E-state index >= 15 is 0 Å². The van der Waals surface area contributed by atoms with Gasteiger partial charge < -0.3 is 24.8 Å². The van der Waals surface area contributed by atoms with Crippen molar-refractivity contribution in [2.45, 2.75) is 70.8 Å². The predicted molar refractivity (Wildman–Crippen MR) is 153 cm³/mol. The van der Waals surface area contributed by atoms with Gasteiger partial charge in [-0.05, 0) is 83.1 Å². The maximum absolute atomic E-state index is 5.80. The molecule has 0 radical (unpaired) electrons. The number of fused-ring (bicyclic) bond motifs is 1. The third-order valence-corrected chi connectivity index (χ3v) is 8.09. The third-order valence-electron chi connectivity index (χ3n) is 8.09. The monoisotopic (exact) mass is 504 g/mol. The van der Waals surface area contributed by atoms with Gasteiger partial charge in [-0.25, -0.2) is 4.98 Å². The number of benzene rings is 1. The van der Waals surface area contributed by atoms with Crippen LogP contribution in [0.4, 0.5) is 11.8 Å². The number of nitrogens with zero attached hydrogens (tertiary/aromatic N) is 5. The Bertz CT molecular complexity index is 1090. The van der Waals surface area contributed by atoms with E-state index in [1.54, 1.807) is 7.11 Å². The molecule has 3 fully saturated rings. The van der Waals surface area contributed by atoms with Crippen LogP contribution in [0, 0.1) is 11.8 Å². The largest absolute Gasteiger partial charge is 0.495 e. The fraction of sp³-hybridized carbons (Fsp3) is 0.667. The van der Waals surface area contributed by atoms with Crippen LogP contribution in [0.1, 0.15) is 70.3 Å². The van der Waals surface area contributed by atoms with Crippen LogP contribution in [0.15, 0.2) is 12.1 Å². The summed E-state index contributed by atoms with van der Waals surface area (Å²) in [5.41, 5.74) is 1.87. The Hall–Kier alpha value is -2.56. The predicted octanol–water partition coefficient (Wildman–Crippen LogP) is 4.75. The molecule has 0 aliphatic carbocycles. The number of piperidine rings is 2. The Balaban J connectivity index is 1.41. The lowest BCUT2D eigenvalue weighted by Gasteiger charge is -2.33. The Labute approximate surface area is 223 Å². The molecule has 7 heteroatoms. The highest BCUT2D eigenvalue weighted by Gasteiger charge is 2.22. The molecule has 0 bridgehead atoms. The van der Waals surface area contributed by atoms with E-state index in [0.29, 0.717) is 6.04 Å². The molecule has 4 heterocycles. The van der Waals surface area contributed by atoms with E-state index in [2.05, 4.69) is 50.9 Å². The number of nitrogens with one attached hydrogen (secondary N) is 1. The quantitative estimate of drug-likeness (QED) is 0.521. The zero-order valence-corrected chi connectivity index (χ0v) is 22.9. The second-order valence-corrected chi connectivity index (χ2v) is 10.9. The average molecular weight is 505 g/mol.